The van der Waals surface area contributed by atoms with Crippen LogP contribution >= 0.6 is 0 Å². The number of benzene rings is 1. The number of rotatable bonds is 11. The molecule has 4 heteroatoms. The zero-order valence-electron chi connectivity index (χ0n) is 12.9. The maximum absolute atomic E-state index is 5.76. The van der Waals surface area contributed by atoms with E-state index in [1.807, 2.05) is 12.1 Å². The van der Waals surface area contributed by atoms with E-state index in [-0.39, 0.29) is 0 Å². The zero-order chi connectivity index (χ0) is 14.6. The summed E-state index contributed by atoms with van der Waals surface area (Å²) in [7, 11) is 3.40. The second-order valence-corrected chi connectivity index (χ2v) is 4.96. The van der Waals surface area contributed by atoms with Gasteiger partial charge in [0.15, 0.2) is 0 Å². The molecule has 114 valence electrons. The topological polar surface area (TPSA) is 39.7 Å². The summed E-state index contributed by atoms with van der Waals surface area (Å²) in [6.45, 7) is 6.08. The molecule has 1 rings (SSSR count). The fourth-order valence-corrected chi connectivity index (χ4v) is 2.02. The van der Waals surface area contributed by atoms with E-state index in [1.54, 1.807) is 14.2 Å². The van der Waals surface area contributed by atoms with Crippen molar-refractivity contribution >= 4 is 0 Å². The molecule has 4 nitrogen and oxygen atoms in total. The Labute approximate surface area is 122 Å². The van der Waals surface area contributed by atoms with Crippen molar-refractivity contribution in [1.82, 2.24) is 5.32 Å². The summed E-state index contributed by atoms with van der Waals surface area (Å²) in [6.07, 6.45) is 1.00. The van der Waals surface area contributed by atoms with Crippen LogP contribution < -0.4 is 10.1 Å². The summed E-state index contributed by atoms with van der Waals surface area (Å²) in [5.41, 5.74) is 1.25. The molecule has 1 aromatic carbocycles. The van der Waals surface area contributed by atoms with Gasteiger partial charge >= 0.3 is 0 Å². The molecule has 0 saturated heterocycles. The van der Waals surface area contributed by atoms with E-state index in [9.17, 15) is 0 Å². The first-order valence-electron chi connectivity index (χ1n) is 7.17. The molecular weight excluding hydrogens is 254 g/mol. The van der Waals surface area contributed by atoms with Gasteiger partial charge in [-0.25, -0.2) is 0 Å². The number of para-hydroxylation sites is 1. The van der Waals surface area contributed by atoms with Crippen molar-refractivity contribution in [2.45, 2.75) is 13.3 Å². The molecule has 0 amide bonds. The first-order chi connectivity index (χ1) is 9.77. The molecule has 0 saturated carbocycles. The molecule has 0 heterocycles. The lowest BCUT2D eigenvalue weighted by Gasteiger charge is -2.16. The summed E-state index contributed by atoms with van der Waals surface area (Å²) in [5.74, 6) is 1.52. The van der Waals surface area contributed by atoms with Crippen LogP contribution in [0.1, 0.15) is 12.5 Å². The quantitative estimate of drug-likeness (QED) is 0.631. The summed E-state index contributed by atoms with van der Waals surface area (Å²) >= 11 is 0. The molecule has 0 spiro atoms. The highest BCUT2D eigenvalue weighted by Gasteiger charge is 2.08. The van der Waals surface area contributed by atoms with Crippen LogP contribution in [0, 0.1) is 5.92 Å². The van der Waals surface area contributed by atoms with E-state index in [2.05, 4.69) is 24.4 Å². The Morgan fingerprint density at radius 3 is 2.55 bits per heavy atom. The van der Waals surface area contributed by atoms with Crippen molar-refractivity contribution in [1.29, 1.82) is 0 Å². The zero-order valence-corrected chi connectivity index (χ0v) is 12.9. The SMILES string of the molecule is COCCNCC(C)Cc1ccccc1OCCOC. The van der Waals surface area contributed by atoms with Gasteiger partial charge in [0.2, 0.25) is 0 Å². The van der Waals surface area contributed by atoms with Gasteiger partial charge in [-0.05, 0) is 30.5 Å². The monoisotopic (exact) mass is 281 g/mol. The maximum atomic E-state index is 5.76. The van der Waals surface area contributed by atoms with Crippen LogP contribution in [0.15, 0.2) is 24.3 Å². The number of hydrogen-bond acceptors (Lipinski definition) is 4. The number of ether oxygens (including phenoxy) is 3. The summed E-state index contributed by atoms with van der Waals surface area (Å²) in [4.78, 5) is 0. The molecule has 0 fully saturated rings. The second-order valence-electron chi connectivity index (χ2n) is 4.96. The minimum absolute atomic E-state index is 0.555. The van der Waals surface area contributed by atoms with Crippen molar-refractivity contribution in [3.05, 3.63) is 29.8 Å². The lowest BCUT2D eigenvalue weighted by atomic mass is 10.0. The van der Waals surface area contributed by atoms with E-state index in [0.29, 0.717) is 19.1 Å². The normalized spacial score (nSPS) is 12.3. The van der Waals surface area contributed by atoms with Crippen molar-refractivity contribution in [2.24, 2.45) is 5.92 Å². The van der Waals surface area contributed by atoms with Gasteiger partial charge in [-0.1, -0.05) is 25.1 Å². The Morgan fingerprint density at radius 2 is 1.80 bits per heavy atom. The standard InChI is InChI=1S/C16H27NO3/c1-14(13-17-8-9-18-2)12-15-6-4-5-7-16(15)20-11-10-19-3/h4-7,14,17H,8-13H2,1-3H3. The Morgan fingerprint density at radius 1 is 1.05 bits per heavy atom. The highest BCUT2D eigenvalue weighted by atomic mass is 16.5. The Kier molecular flexibility index (Phi) is 9.04. The Hall–Kier alpha value is -1.10. The molecule has 1 unspecified atom stereocenters. The van der Waals surface area contributed by atoms with Gasteiger partial charge in [0, 0.05) is 20.8 Å². The molecule has 0 bridgehead atoms. The highest BCUT2D eigenvalue weighted by molar-refractivity contribution is 5.33. The molecule has 1 aromatic rings. The van der Waals surface area contributed by atoms with Crippen LogP contribution in [0.3, 0.4) is 0 Å². The average molecular weight is 281 g/mol. The molecule has 0 aliphatic carbocycles. The van der Waals surface area contributed by atoms with Crippen LogP contribution in [-0.4, -0.2) is 47.1 Å². The van der Waals surface area contributed by atoms with Gasteiger partial charge < -0.3 is 19.5 Å². The predicted octanol–water partition coefficient (Wildman–Crippen LogP) is 2.13. The maximum Gasteiger partial charge on any atom is 0.122 e. The summed E-state index contributed by atoms with van der Waals surface area (Å²) in [6, 6.07) is 8.22. The summed E-state index contributed by atoms with van der Waals surface area (Å²) in [5, 5.41) is 3.39. The minimum Gasteiger partial charge on any atom is -0.491 e. The lowest BCUT2D eigenvalue weighted by molar-refractivity contribution is 0.145. The van der Waals surface area contributed by atoms with Gasteiger partial charge in [-0.15, -0.1) is 0 Å². The molecule has 20 heavy (non-hydrogen) atoms. The summed E-state index contributed by atoms with van der Waals surface area (Å²) < 4.78 is 15.8. The van der Waals surface area contributed by atoms with E-state index >= 15 is 0 Å². The van der Waals surface area contributed by atoms with Gasteiger partial charge in [-0.2, -0.15) is 0 Å². The fourth-order valence-electron chi connectivity index (χ4n) is 2.02. The third-order valence-corrected chi connectivity index (χ3v) is 3.06. The molecule has 1 atom stereocenters. The Bertz CT molecular complexity index is 357. The van der Waals surface area contributed by atoms with E-state index in [4.69, 9.17) is 14.2 Å². The molecule has 0 aromatic heterocycles. The minimum atomic E-state index is 0.555. The van der Waals surface area contributed by atoms with Crippen LogP contribution in [0.25, 0.3) is 0 Å². The first kappa shape index (κ1) is 17.0. The average Bonchev–Trinajstić information content (AvgIpc) is 2.46. The van der Waals surface area contributed by atoms with E-state index in [0.717, 1.165) is 31.9 Å². The fraction of sp³-hybridized carbons (Fsp3) is 0.625. The lowest BCUT2D eigenvalue weighted by Crippen LogP contribution is -2.25. The molecular formula is C16H27NO3. The smallest absolute Gasteiger partial charge is 0.122 e. The van der Waals surface area contributed by atoms with Crippen molar-refractivity contribution < 1.29 is 14.2 Å². The molecule has 1 N–H and O–H groups in total. The van der Waals surface area contributed by atoms with Crippen molar-refractivity contribution in [3.8, 4) is 5.75 Å². The van der Waals surface area contributed by atoms with Crippen LogP contribution in [0.2, 0.25) is 0 Å². The third kappa shape index (κ3) is 6.89. The van der Waals surface area contributed by atoms with Gasteiger partial charge in [0.1, 0.15) is 12.4 Å². The third-order valence-electron chi connectivity index (χ3n) is 3.06. The van der Waals surface area contributed by atoms with E-state index in [1.165, 1.54) is 5.56 Å². The van der Waals surface area contributed by atoms with Crippen LogP contribution in [-0.2, 0) is 15.9 Å². The molecule has 0 aliphatic heterocycles. The van der Waals surface area contributed by atoms with E-state index < -0.39 is 0 Å². The van der Waals surface area contributed by atoms with Gasteiger partial charge in [-0.3, -0.25) is 0 Å². The van der Waals surface area contributed by atoms with Crippen LogP contribution in [0.5, 0.6) is 5.75 Å². The Balaban J connectivity index is 2.41. The molecule has 0 radical (unpaired) electrons. The molecule has 0 aliphatic rings. The second kappa shape index (κ2) is 10.7. The van der Waals surface area contributed by atoms with Gasteiger partial charge in [0.05, 0.1) is 13.2 Å². The largest absolute Gasteiger partial charge is 0.491 e. The number of methoxy groups -OCH3 is 2. The number of nitrogens with one attached hydrogen (secondary N) is 1. The van der Waals surface area contributed by atoms with Crippen molar-refractivity contribution in [2.75, 3.05) is 47.1 Å². The highest BCUT2D eigenvalue weighted by Crippen LogP contribution is 2.21. The predicted molar refractivity (Wildman–Crippen MR) is 81.4 cm³/mol. The van der Waals surface area contributed by atoms with Crippen molar-refractivity contribution in [3.63, 3.8) is 0 Å². The van der Waals surface area contributed by atoms with Gasteiger partial charge in [0.25, 0.3) is 0 Å². The van der Waals surface area contributed by atoms with Crippen LogP contribution in [0.4, 0.5) is 0 Å². The first-order valence-corrected chi connectivity index (χ1v) is 7.17. The number of hydrogen-bond donors (Lipinski definition) is 1.